The Hall–Kier alpha value is -2.21. The highest BCUT2D eigenvalue weighted by Crippen LogP contribution is 2.24. The maximum atomic E-state index is 13.8. The highest BCUT2D eigenvalue weighted by atomic mass is 79.9. The third kappa shape index (κ3) is 3.82. The van der Waals surface area contributed by atoms with Gasteiger partial charge >= 0.3 is 11.9 Å². The summed E-state index contributed by atoms with van der Waals surface area (Å²) < 4.78 is 13.8. The van der Waals surface area contributed by atoms with E-state index in [1.54, 1.807) is 13.0 Å². The number of rotatable bonds is 6. The summed E-state index contributed by atoms with van der Waals surface area (Å²) >= 11 is 3.35. The van der Waals surface area contributed by atoms with Crippen LogP contribution in [0, 0.1) is 12.7 Å². The molecule has 24 heavy (non-hydrogen) atoms. The SMILES string of the molecule is Cc1c(F)ccc(Cc2ccc(C(=O)O)cc2C(=O)O)c1CCBr. The number of carboxylic acid groups (broad SMARTS) is 2. The minimum absolute atomic E-state index is 0.0540. The third-order valence-electron chi connectivity index (χ3n) is 3.94. The summed E-state index contributed by atoms with van der Waals surface area (Å²) in [6.45, 7) is 1.70. The van der Waals surface area contributed by atoms with Crippen molar-refractivity contribution >= 4 is 27.9 Å². The minimum Gasteiger partial charge on any atom is -0.478 e. The molecule has 6 heteroatoms. The fourth-order valence-corrected chi connectivity index (χ4v) is 3.06. The molecule has 2 aromatic rings. The summed E-state index contributed by atoms with van der Waals surface area (Å²) in [5.41, 5.74) is 2.58. The summed E-state index contributed by atoms with van der Waals surface area (Å²) in [5, 5.41) is 19.0. The molecule has 0 saturated heterocycles. The van der Waals surface area contributed by atoms with Crippen LogP contribution in [0.2, 0.25) is 0 Å². The number of hydrogen-bond acceptors (Lipinski definition) is 2. The lowest BCUT2D eigenvalue weighted by atomic mass is 9.92. The van der Waals surface area contributed by atoms with Crippen LogP contribution in [0.4, 0.5) is 4.39 Å². The summed E-state index contributed by atoms with van der Waals surface area (Å²) in [7, 11) is 0. The molecule has 0 aliphatic rings. The number of carboxylic acids is 2. The van der Waals surface area contributed by atoms with E-state index in [0.717, 1.165) is 17.2 Å². The Labute approximate surface area is 147 Å². The number of carbonyl (C=O) groups is 2. The Morgan fingerprint density at radius 1 is 1.08 bits per heavy atom. The molecule has 0 spiro atoms. The number of benzene rings is 2. The minimum atomic E-state index is -1.19. The Bertz CT molecular complexity index is 802. The van der Waals surface area contributed by atoms with E-state index in [-0.39, 0.29) is 16.9 Å². The molecule has 4 nitrogen and oxygen atoms in total. The number of alkyl halides is 1. The van der Waals surface area contributed by atoms with Crippen LogP contribution in [-0.4, -0.2) is 27.5 Å². The van der Waals surface area contributed by atoms with E-state index in [2.05, 4.69) is 15.9 Å². The van der Waals surface area contributed by atoms with Crippen molar-refractivity contribution in [1.82, 2.24) is 0 Å². The van der Waals surface area contributed by atoms with E-state index in [9.17, 15) is 19.1 Å². The first-order chi connectivity index (χ1) is 11.3. The first-order valence-electron chi connectivity index (χ1n) is 7.27. The fourth-order valence-electron chi connectivity index (χ4n) is 2.66. The lowest BCUT2D eigenvalue weighted by Crippen LogP contribution is -2.08. The predicted molar refractivity (Wildman–Crippen MR) is 91.8 cm³/mol. The van der Waals surface area contributed by atoms with Crippen molar-refractivity contribution in [1.29, 1.82) is 0 Å². The van der Waals surface area contributed by atoms with Gasteiger partial charge < -0.3 is 10.2 Å². The molecule has 0 fully saturated rings. The fraction of sp³-hybridized carbons (Fsp3) is 0.222. The summed E-state index contributed by atoms with van der Waals surface area (Å²) in [6.07, 6.45) is 0.916. The highest BCUT2D eigenvalue weighted by Gasteiger charge is 2.17. The number of halogens is 2. The zero-order chi connectivity index (χ0) is 17.9. The van der Waals surface area contributed by atoms with E-state index < -0.39 is 11.9 Å². The van der Waals surface area contributed by atoms with Crippen LogP contribution in [0.5, 0.6) is 0 Å². The van der Waals surface area contributed by atoms with Gasteiger partial charge in [-0.2, -0.15) is 0 Å². The van der Waals surface area contributed by atoms with Gasteiger partial charge in [-0.15, -0.1) is 0 Å². The Kier molecular flexibility index (Phi) is 5.72. The monoisotopic (exact) mass is 394 g/mol. The van der Waals surface area contributed by atoms with Crippen molar-refractivity contribution in [3.8, 4) is 0 Å². The van der Waals surface area contributed by atoms with Crippen LogP contribution in [0.25, 0.3) is 0 Å². The van der Waals surface area contributed by atoms with Crippen LogP contribution in [0.3, 0.4) is 0 Å². The molecule has 0 aromatic heterocycles. The lowest BCUT2D eigenvalue weighted by molar-refractivity contribution is 0.0695. The van der Waals surface area contributed by atoms with Crippen molar-refractivity contribution in [2.24, 2.45) is 0 Å². The van der Waals surface area contributed by atoms with E-state index in [0.29, 0.717) is 29.3 Å². The van der Waals surface area contributed by atoms with Gasteiger partial charge in [0.15, 0.2) is 0 Å². The van der Waals surface area contributed by atoms with Gasteiger partial charge in [0.05, 0.1) is 11.1 Å². The number of hydrogen-bond donors (Lipinski definition) is 2. The van der Waals surface area contributed by atoms with E-state index in [1.165, 1.54) is 18.2 Å². The summed E-state index contributed by atoms with van der Waals surface area (Å²) in [4.78, 5) is 22.5. The Balaban J connectivity index is 2.50. The lowest BCUT2D eigenvalue weighted by Gasteiger charge is -2.14. The van der Waals surface area contributed by atoms with E-state index >= 15 is 0 Å². The van der Waals surface area contributed by atoms with Gasteiger partial charge in [-0.05, 0) is 60.2 Å². The molecule has 126 valence electrons. The third-order valence-corrected chi connectivity index (χ3v) is 4.34. The summed E-state index contributed by atoms with van der Waals surface area (Å²) in [6, 6.07) is 7.06. The summed E-state index contributed by atoms with van der Waals surface area (Å²) in [5.74, 6) is -2.66. The van der Waals surface area contributed by atoms with Crippen molar-refractivity contribution in [3.05, 3.63) is 69.5 Å². The van der Waals surface area contributed by atoms with Crippen molar-refractivity contribution < 1.29 is 24.2 Å². The second kappa shape index (κ2) is 7.57. The second-order valence-electron chi connectivity index (χ2n) is 5.41. The first-order valence-corrected chi connectivity index (χ1v) is 8.39. The first kappa shape index (κ1) is 18.1. The predicted octanol–water partition coefficient (Wildman–Crippen LogP) is 4.06. The van der Waals surface area contributed by atoms with Gasteiger partial charge in [0.25, 0.3) is 0 Å². The van der Waals surface area contributed by atoms with Gasteiger partial charge in [0.1, 0.15) is 5.82 Å². The molecule has 2 aromatic carbocycles. The van der Waals surface area contributed by atoms with Gasteiger partial charge in [0.2, 0.25) is 0 Å². The zero-order valence-corrected chi connectivity index (χ0v) is 14.6. The molecule has 0 aliphatic heterocycles. The molecule has 2 N–H and O–H groups in total. The standard InChI is InChI=1S/C18H16BrFO4/c1-10-14(6-7-19)11(4-5-16(10)20)8-12-2-3-13(17(21)22)9-15(12)18(23)24/h2-5,9H,6-8H2,1H3,(H,21,22)(H,23,24). The Morgan fingerprint density at radius 2 is 1.75 bits per heavy atom. The van der Waals surface area contributed by atoms with Crippen molar-refractivity contribution in [2.45, 2.75) is 19.8 Å². The maximum Gasteiger partial charge on any atom is 0.336 e. The molecule has 0 radical (unpaired) electrons. The molecule has 0 unspecified atom stereocenters. The normalized spacial score (nSPS) is 10.6. The average Bonchev–Trinajstić information content (AvgIpc) is 2.54. The van der Waals surface area contributed by atoms with Crippen LogP contribution in [-0.2, 0) is 12.8 Å². The van der Waals surface area contributed by atoms with Gasteiger partial charge in [-0.25, -0.2) is 14.0 Å². The molecule has 0 heterocycles. The molecular weight excluding hydrogens is 379 g/mol. The van der Waals surface area contributed by atoms with Crippen LogP contribution in [0.1, 0.15) is 43.0 Å². The molecule has 0 bridgehead atoms. The van der Waals surface area contributed by atoms with E-state index in [1.807, 2.05) is 0 Å². The average molecular weight is 395 g/mol. The molecule has 0 saturated carbocycles. The van der Waals surface area contributed by atoms with Crippen LogP contribution < -0.4 is 0 Å². The number of aromatic carboxylic acids is 2. The Morgan fingerprint density at radius 3 is 2.33 bits per heavy atom. The van der Waals surface area contributed by atoms with Gasteiger partial charge in [-0.1, -0.05) is 28.1 Å². The van der Waals surface area contributed by atoms with Crippen LogP contribution in [0.15, 0.2) is 30.3 Å². The topological polar surface area (TPSA) is 74.6 Å². The van der Waals surface area contributed by atoms with Crippen LogP contribution >= 0.6 is 15.9 Å². The smallest absolute Gasteiger partial charge is 0.336 e. The van der Waals surface area contributed by atoms with E-state index in [4.69, 9.17) is 5.11 Å². The van der Waals surface area contributed by atoms with Crippen molar-refractivity contribution in [3.63, 3.8) is 0 Å². The zero-order valence-electron chi connectivity index (χ0n) is 13.0. The quantitative estimate of drug-likeness (QED) is 0.724. The maximum absolute atomic E-state index is 13.8. The largest absolute Gasteiger partial charge is 0.478 e. The van der Waals surface area contributed by atoms with Gasteiger partial charge in [0, 0.05) is 5.33 Å². The molecule has 2 rings (SSSR count). The molecule has 0 atom stereocenters. The van der Waals surface area contributed by atoms with Crippen molar-refractivity contribution in [2.75, 3.05) is 5.33 Å². The molecule has 0 aliphatic carbocycles. The van der Waals surface area contributed by atoms with Gasteiger partial charge in [-0.3, -0.25) is 0 Å². The second-order valence-corrected chi connectivity index (χ2v) is 6.20. The molecular formula is C18H16BrFO4. The molecule has 0 amide bonds. The highest BCUT2D eigenvalue weighted by molar-refractivity contribution is 9.09.